The summed E-state index contributed by atoms with van der Waals surface area (Å²) in [6.45, 7) is 1.72. The van der Waals surface area contributed by atoms with Gasteiger partial charge in [0.2, 0.25) is 0 Å². The molecule has 0 bridgehead atoms. The number of hydrogen-bond donors (Lipinski definition) is 3. The molecule has 146 valence electrons. The second-order valence-corrected chi connectivity index (χ2v) is 7.16. The van der Waals surface area contributed by atoms with E-state index in [-0.39, 0.29) is 18.0 Å². The van der Waals surface area contributed by atoms with E-state index in [1.807, 2.05) is 24.3 Å². The summed E-state index contributed by atoms with van der Waals surface area (Å²) in [5.41, 5.74) is 3.11. The third-order valence-electron chi connectivity index (χ3n) is 4.99. The van der Waals surface area contributed by atoms with Gasteiger partial charge in [-0.25, -0.2) is 4.79 Å². The van der Waals surface area contributed by atoms with Crippen molar-refractivity contribution in [1.82, 2.24) is 10.6 Å². The molecule has 0 saturated carbocycles. The first kappa shape index (κ1) is 19.4. The lowest BCUT2D eigenvalue weighted by atomic mass is 9.97. The molecule has 0 spiro atoms. The number of nitrogens with one attached hydrogen (secondary N) is 3. The number of carbonyl (C=O) groups is 2. The van der Waals surface area contributed by atoms with Gasteiger partial charge in [-0.3, -0.25) is 4.79 Å². The molecule has 6 nitrogen and oxygen atoms in total. The average molecular weight is 371 g/mol. The molecule has 27 heavy (non-hydrogen) atoms. The van der Waals surface area contributed by atoms with E-state index >= 15 is 0 Å². The zero-order valence-electron chi connectivity index (χ0n) is 15.8. The van der Waals surface area contributed by atoms with E-state index in [9.17, 15) is 9.59 Å². The van der Waals surface area contributed by atoms with Crippen LogP contribution in [0.15, 0.2) is 35.9 Å². The van der Waals surface area contributed by atoms with Gasteiger partial charge in [-0.2, -0.15) is 0 Å². The van der Waals surface area contributed by atoms with E-state index in [1.54, 1.807) is 0 Å². The largest absolute Gasteiger partial charge is 0.368 e. The van der Waals surface area contributed by atoms with E-state index in [0.29, 0.717) is 19.7 Å². The van der Waals surface area contributed by atoms with Gasteiger partial charge >= 0.3 is 6.03 Å². The molecule has 1 unspecified atom stereocenters. The average Bonchev–Trinajstić information content (AvgIpc) is 3.23. The summed E-state index contributed by atoms with van der Waals surface area (Å²) in [4.78, 5) is 24.1. The first-order valence-electron chi connectivity index (χ1n) is 9.92. The molecule has 2 aliphatic rings. The molecule has 3 rings (SSSR count). The highest BCUT2D eigenvalue weighted by molar-refractivity contribution is 5.94. The Labute approximate surface area is 160 Å². The van der Waals surface area contributed by atoms with Crippen molar-refractivity contribution in [3.05, 3.63) is 41.5 Å². The number of urea groups is 1. The van der Waals surface area contributed by atoms with Gasteiger partial charge in [0.1, 0.15) is 6.10 Å². The normalized spacial score (nSPS) is 19.3. The maximum atomic E-state index is 12.1. The van der Waals surface area contributed by atoms with Crippen molar-refractivity contribution in [2.45, 2.75) is 57.6 Å². The molecule has 3 amide bonds. The van der Waals surface area contributed by atoms with Crippen LogP contribution in [0.3, 0.4) is 0 Å². The molecule has 6 heteroatoms. The molecule has 3 N–H and O–H groups in total. The van der Waals surface area contributed by atoms with Crippen molar-refractivity contribution in [2.75, 3.05) is 18.5 Å². The Bertz CT molecular complexity index is 681. The number of amides is 3. The number of carbonyl (C=O) groups excluding carboxylic acids is 2. The van der Waals surface area contributed by atoms with Gasteiger partial charge in [0, 0.05) is 25.4 Å². The highest BCUT2D eigenvalue weighted by Crippen LogP contribution is 2.19. The summed E-state index contributed by atoms with van der Waals surface area (Å²) in [5.74, 6) is -0.104. The van der Waals surface area contributed by atoms with E-state index in [2.05, 4.69) is 22.0 Å². The van der Waals surface area contributed by atoms with Gasteiger partial charge in [0.15, 0.2) is 0 Å². The Morgan fingerprint density at radius 1 is 1.15 bits per heavy atom. The molecule has 0 radical (unpaired) electrons. The van der Waals surface area contributed by atoms with Crippen molar-refractivity contribution in [1.29, 1.82) is 0 Å². The highest BCUT2D eigenvalue weighted by atomic mass is 16.5. The van der Waals surface area contributed by atoms with Crippen LogP contribution in [-0.2, 0) is 16.1 Å². The molecule has 1 aromatic rings. The lowest BCUT2D eigenvalue weighted by Crippen LogP contribution is -2.35. The molecule has 1 aliphatic heterocycles. The number of benzene rings is 1. The number of rotatable bonds is 7. The van der Waals surface area contributed by atoms with Crippen LogP contribution >= 0.6 is 0 Å². The molecule has 1 aromatic carbocycles. The van der Waals surface area contributed by atoms with Crippen molar-refractivity contribution >= 4 is 17.6 Å². The Balaban J connectivity index is 1.39. The first-order valence-corrected chi connectivity index (χ1v) is 9.92. The predicted molar refractivity (Wildman–Crippen MR) is 105 cm³/mol. The summed E-state index contributed by atoms with van der Waals surface area (Å²) >= 11 is 0. The maximum Gasteiger partial charge on any atom is 0.315 e. The summed E-state index contributed by atoms with van der Waals surface area (Å²) in [5, 5.41) is 8.66. The molecular formula is C21H29N3O3. The molecule has 1 saturated heterocycles. The van der Waals surface area contributed by atoms with Gasteiger partial charge in [0.05, 0.1) is 0 Å². The van der Waals surface area contributed by atoms with Crippen LogP contribution in [0.2, 0.25) is 0 Å². The van der Waals surface area contributed by atoms with Crippen molar-refractivity contribution in [3.8, 4) is 0 Å². The van der Waals surface area contributed by atoms with Gasteiger partial charge in [-0.1, -0.05) is 23.8 Å². The minimum Gasteiger partial charge on any atom is -0.368 e. The number of anilines is 1. The zero-order chi connectivity index (χ0) is 18.9. The van der Waals surface area contributed by atoms with Crippen molar-refractivity contribution in [2.24, 2.45) is 0 Å². The smallest absolute Gasteiger partial charge is 0.315 e. The van der Waals surface area contributed by atoms with Gasteiger partial charge < -0.3 is 20.7 Å². The SMILES string of the molecule is O=C(NCCC1=CCCCC1)NCc1cccc(NC(=O)C2CCCO2)c1. The third-order valence-corrected chi connectivity index (χ3v) is 4.99. The Morgan fingerprint density at radius 3 is 2.85 bits per heavy atom. The molecule has 1 aliphatic carbocycles. The maximum absolute atomic E-state index is 12.1. The standard InChI is InChI=1S/C21H29N3O3/c25-20(19-10-5-13-27-19)24-18-9-4-8-17(14-18)15-23-21(26)22-12-11-16-6-2-1-3-7-16/h4,6,8-9,14,19H,1-3,5,7,10-13,15H2,(H,24,25)(H2,22,23,26). The fourth-order valence-electron chi connectivity index (χ4n) is 3.48. The van der Waals surface area contributed by atoms with E-state index in [4.69, 9.17) is 4.74 Å². The van der Waals surface area contributed by atoms with Crippen LogP contribution in [0.5, 0.6) is 0 Å². The van der Waals surface area contributed by atoms with Crippen LogP contribution < -0.4 is 16.0 Å². The predicted octanol–water partition coefficient (Wildman–Crippen LogP) is 3.49. The van der Waals surface area contributed by atoms with Crippen molar-refractivity contribution < 1.29 is 14.3 Å². The summed E-state index contributed by atoms with van der Waals surface area (Å²) in [6.07, 6.45) is 9.45. The second-order valence-electron chi connectivity index (χ2n) is 7.16. The van der Waals surface area contributed by atoms with Gasteiger partial charge in [0.25, 0.3) is 5.91 Å². The Morgan fingerprint density at radius 2 is 2.07 bits per heavy atom. The van der Waals surface area contributed by atoms with E-state index in [0.717, 1.165) is 36.9 Å². The quantitative estimate of drug-likeness (QED) is 0.642. The molecular weight excluding hydrogens is 342 g/mol. The number of hydrogen-bond acceptors (Lipinski definition) is 3. The summed E-state index contributed by atoms with van der Waals surface area (Å²) in [7, 11) is 0. The Hall–Kier alpha value is -2.34. The number of ether oxygens (including phenoxy) is 1. The van der Waals surface area contributed by atoms with Crippen LogP contribution in [0.25, 0.3) is 0 Å². The van der Waals surface area contributed by atoms with E-state index in [1.165, 1.54) is 24.8 Å². The van der Waals surface area contributed by atoms with Crippen molar-refractivity contribution in [3.63, 3.8) is 0 Å². The fraction of sp³-hybridized carbons (Fsp3) is 0.524. The van der Waals surface area contributed by atoms with Gasteiger partial charge in [-0.15, -0.1) is 0 Å². The minimum absolute atomic E-state index is 0.104. The fourth-order valence-corrected chi connectivity index (χ4v) is 3.48. The molecule has 1 fully saturated rings. The van der Waals surface area contributed by atoms with Crippen LogP contribution in [0.4, 0.5) is 10.5 Å². The Kier molecular flexibility index (Phi) is 7.27. The van der Waals surface area contributed by atoms with E-state index < -0.39 is 0 Å². The molecule has 1 heterocycles. The summed E-state index contributed by atoms with van der Waals surface area (Å²) in [6, 6.07) is 7.35. The van der Waals surface area contributed by atoms with Crippen LogP contribution in [0.1, 0.15) is 50.5 Å². The second kappa shape index (κ2) is 10.1. The summed E-state index contributed by atoms with van der Waals surface area (Å²) < 4.78 is 5.40. The van der Waals surface area contributed by atoms with Crippen LogP contribution in [-0.4, -0.2) is 31.2 Å². The minimum atomic E-state index is -0.350. The topological polar surface area (TPSA) is 79.5 Å². The lowest BCUT2D eigenvalue weighted by molar-refractivity contribution is -0.124. The molecule has 0 aromatic heterocycles. The number of allylic oxidation sites excluding steroid dienone is 1. The first-order chi connectivity index (χ1) is 13.2. The molecule has 1 atom stereocenters. The lowest BCUT2D eigenvalue weighted by Gasteiger charge is -2.14. The van der Waals surface area contributed by atoms with Gasteiger partial charge in [-0.05, 0) is 62.6 Å². The van der Waals surface area contributed by atoms with Crippen LogP contribution in [0, 0.1) is 0 Å². The monoisotopic (exact) mass is 371 g/mol. The zero-order valence-corrected chi connectivity index (χ0v) is 15.8. The highest BCUT2D eigenvalue weighted by Gasteiger charge is 2.23. The third kappa shape index (κ3) is 6.40.